The Morgan fingerprint density at radius 3 is 2.29 bits per heavy atom. The average Bonchev–Trinajstić information content (AvgIpc) is 2.38. The maximum Gasteiger partial charge on any atom is 0.265 e. The van der Waals surface area contributed by atoms with Gasteiger partial charge >= 0.3 is 0 Å². The first kappa shape index (κ1) is 16.0. The molecule has 0 bridgehead atoms. The van der Waals surface area contributed by atoms with Gasteiger partial charge in [-0.2, -0.15) is 0 Å². The minimum atomic E-state index is -4.11. The Labute approximate surface area is 129 Å². The van der Waals surface area contributed by atoms with Crippen LogP contribution in [-0.4, -0.2) is 8.42 Å². The SMILES string of the molecule is O=S(=O)(Cl)c1cc(Cl)ccc1OCc1c(F)cccc1F. The zero-order valence-corrected chi connectivity index (χ0v) is 12.6. The van der Waals surface area contributed by atoms with Crippen LogP contribution >= 0.6 is 22.3 Å². The van der Waals surface area contributed by atoms with E-state index in [0.717, 1.165) is 18.2 Å². The van der Waals surface area contributed by atoms with Gasteiger partial charge in [0, 0.05) is 15.7 Å². The van der Waals surface area contributed by atoms with Crippen molar-refractivity contribution in [1.29, 1.82) is 0 Å². The van der Waals surface area contributed by atoms with Crippen molar-refractivity contribution >= 4 is 31.3 Å². The lowest BCUT2D eigenvalue weighted by molar-refractivity contribution is 0.285. The molecule has 21 heavy (non-hydrogen) atoms. The molecule has 0 unspecified atom stereocenters. The molecule has 0 aliphatic heterocycles. The first-order chi connectivity index (χ1) is 9.79. The standard InChI is InChI=1S/C13H8Cl2F2O3S/c14-8-4-5-12(13(6-8)21(15,18)19)20-7-9-10(16)2-1-3-11(9)17/h1-6H,7H2. The van der Waals surface area contributed by atoms with Crippen LogP contribution in [0.25, 0.3) is 0 Å². The first-order valence-electron chi connectivity index (χ1n) is 5.59. The van der Waals surface area contributed by atoms with Gasteiger partial charge in [0.15, 0.2) is 0 Å². The van der Waals surface area contributed by atoms with E-state index in [4.69, 9.17) is 27.0 Å². The second kappa shape index (κ2) is 6.17. The van der Waals surface area contributed by atoms with E-state index in [2.05, 4.69) is 0 Å². The normalized spacial score (nSPS) is 11.4. The van der Waals surface area contributed by atoms with Gasteiger partial charge in [0.05, 0.1) is 5.56 Å². The van der Waals surface area contributed by atoms with Crippen molar-refractivity contribution in [2.24, 2.45) is 0 Å². The summed E-state index contributed by atoms with van der Waals surface area (Å²) >= 11 is 5.69. The molecule has 0 atom stereocenters. The lowest BCUT2D eigenvalue weighted by Crippen LogP contribution is -2.04. The van der Waals surface area contributed by atoms with E-state index >= 15 is 0 Å². The quantitative estimate of drug-likeness (QED) is 0.777. The van der Waals surface area contributed by atoms with Crippen LogP contribution in [0.15, 0.2) is 41.3 Å². The number of ether oxygens (including phenoxy) is 1. The van der Waals surface area contributed by atoms with Crippen molar-refractivity contribution in [2.45, 2.75) is 11.5 Å². The van der Waals surface area contributed by atoms with Crippen molar-refractivity contribution in [3.63, 3.8) is 0 Å². The molecule has 0 aliphatic rings. The molecule has 0 aliphatic carbocycles. The van der Waals surface area contributed by atoms with Crippen LogP contribution in [0.3, 0.4) is 0 Å². The molecule has 0 spiro atoms. The summed E-state index contributed by atoms with van der Waals surface area (Å²) in [5, 5.41) is 0.138. The number of hydrogen-bond acceptors (Lipinski definition) is 3. The van der Waals surface area contributed by atoms with E-state index in [1.807, 2.05) is 0 Å². The maximum absolute atomic E-state index is 13.5. The zero-order valence-electron chi connectivity index (χ0n) is 10.3. The fourth-order valence-electron chi connectivity index (χ4n) is 1.61. The smallest absolute Gasteiger partial charge is 0.265 e. The van der Waals surface area contributed by atoms with Crippen LogP contribution in [0.2, 0.25) is 5.02 Å². The van der Waals surface area contributed by atoms with Gasteiger partial charge in [-0.05, 0) is 30.3 Å². The van der Waals surface area contributed by atoms with Crippen LogP contribution in [0.5, 0.6) is 5.75 Å². The summed E-state index contributed by atoms with van der Waals surface area (Å²) in [6, 6.07) is 7.09. The van der Waals surface area contributed by atoms with E-state index in [1.54, 1.807) is 0 Å². The molecule has 0 saturated heterocycles. The highest BCUT2D eigenvalue weighted by molar-refractivity contribution is 8.13. The average molecular weight is 353 g/mol. The van der Waals surface area contributed by atoms with Crippen molar-refractivity contribution in [3.8, 4) is 5.75 Å². The minimum Gasteiger partial charge on any atom is -0.487 e. The Balaban J connectivity index is 2.33. The molecule has 0 aromatic heterocycles. The molecule has 0 radical (unpaired) electrons. The van der Waals surface area contributed by atoms with Crippen LogP contribution in [-0.2, 0) is 15.7 Å². The van der Waals surface area contributed by atoms with Gasteiger partial charge in [-0.1, -0.05) is 17.7 Å². The van der Waals surface area contributed by atoms with Gasteiger partial charge in [0.25, 0.3) is 9.05 Å². The summed E-state index contributed by atoms with van der Waals surface area (Å²) in [5.74, 6) is -1.73. The van der Waals surface area contributed by atoms with Gasteiger partial charge in [-0.15, -0.1) is 0 Å². The molecule has 2 aromatic carbocycles. The lowest BCUT2D eigenvalue weighted by Gasteiger charge is -2.11. The summed E-state index contributed by atoms with van der Waals surface area (Å²) < 4.78 is 55.0. The Morgan fingerprint density at radius 2 is 1.71 bits per heavy atom. The highest BCUT2D eigenvalue weighted by atomic mass is 35.7. The zero-order chi connectivity index (χ0) is 15.6. The van der Waals surface area contributed by atoms with Gasteiger partial charge in [0.2, 0.25) is 0 Å². The Morgan fingerprint density at radius 1 is 1.10 bits per heavy atom. The van der Waals surface area contributed by atoms with Crippen molar-refractivity contribution in [3.05, 3.63) is 58.6 Å². The molecule has 0 fully saturated rings. The summed E-state index contributed by atoms with van der Waals surface area (Å²) in [5.41, 5.74) is -0.314. The number of hydrogen-bond donors (Lipinski definition) is 0. The largest absolute Gasteiger partial charge is 0.487 e. The van der Waals surface area contributed by atoms with Gasteiger partial charge in [-0.3, -0.25) is 0 Å². The minimum absolute atomic E-state index is 0.138. The molecule has 2 rings (SSSR count). The third kappa shape index (κ3) is 3.84. The topological polar surface area (TPSA) is 43.4 Å². The van der Waals surface area contributed by atoms with Crippen molar-refractivity contribution < 1.29 is 21.9 Å². The Kier molecular flexibility index (Phi) is 4.70. The van der Waals surface area contributed by atoms with Gasteiger partial charge in [0.1, 0.15) is 28.9 Å². The van der Waals surface area contributed by atoms with Crippen molar-refractivity contribution in [1.82, 2.24) is 0 Å². The fourth-order valence-corrected chi connectivity index (χ4v) is 2.85. The number of halogens is 4. The highest BCUT2D eigenvalue weighted by Gasteiger charge is 2.18. The Bertz CT molecular complexity index is 759. The molecule has 0 N–H and O–H groups in total. The highest BCUT2D eigenvalue weighted by Crippen LogP contribution is 2.30. The summed E-state index contributed by atoms with van der Waals surface area (Å²) in [6.45, 7) is -0.487. The molecule has 3 nitrogen and oxygen atoms in total. The number of rotatable bonds is 4. The lowest BCUT2D eigenvalue weighted by atomic mass is 10.2. The monoisotopic (exact) mass is 352 g/mol. The first-order valence-corrected chi connectivity index (χ1v) is 8.27. The molecular formula is C13H8Cl2F2O3S. The molecule has 8 heteroatoms. The van der Waals surface area contributed by atoms with Gasteiger partial charge < -0.3 is 4.74 Å². The van der Waals surface area contributed by atoms with Crippen LogP contribution in [0, 0.1) is 11.6 Å². The Hall–Kier alpha value is -1.37. The summed E-state index contributed by atoms with van der Waals surface area (Å²) in [7, 11) is 1.16. The predicted molar refractivity (Wildman–Crippen MR) is 75.2 cm³/mol. The van der Waals surface area contributed by atoms with E-state index in [0.29, 0.717) is 0 Å². The third-order valence-electron chi connectivity index (χ3n) is 2.60. The van der Waals surface area contributed by atoms with E-state index < -0.39 is 27.3 Å². The molecule has 0 heterocycles. The van der Waals surface area contributed by atoms with Crippen LogP contribution < -0.4 is 4.74 Å². The van der Waals surface area contributed by atoms with Crippen LogP contribution in [0.4, 0.5) is 8.78 Å². The predicted octanol–water partition coefficient (Wildman–Crippen LogP) is 4.12. The second-order valence-corrected chi connectivity index (χ2v) is 6.99. The summed E-state index contributed by atoms with van der Waals surface area (Å²) in [6.07, 6.45) is 0. The fraction of sp³-hybridized carbons (Fsp3) is 0.0769. The second-order valence-electron chi connectivity index (χ2n) is 4.02. The van der Waals surface area contributed by atoms with Gasteiger partial charge in [-0.25, -0.2) is 17.2 Å². The summed E-state index contributed by atoms with van der Waals surface area (Å²) in [4.78, 5) is -0.367. The molecule has 0 amide bonds. The molecular weight excluding hydrogens is 345 g/mol. The molecule has 112 valence electrons. The number of benzene rings is 2. The van der Waals surface area contributed by atoms with E-state index in [-0.39, 0.29) is 21.2 Å². The van der Waals surface area contributed by atoms with E-state index in [1.165, 1.54) is 18.2 Å². The van der Waals surface area contributed by atoms with E-state index in [9.17, 15) is 17.2 Å². The third-order valence-corrected chi connectivity index (χ3v) is 4.18. The molecule has 2 aromatic rings. The molecule has 0 saturated carbocycles. The van der Waals surface area contributed by atoms with Crippen LogP contribution in [0.1, 0.15) is 5.56 Å². The van der Waals surface area contributed by atoms with Crippen molar-refractivity contribution in [2.75, 3.05) is 0 Å². The maximum atomic E-state index is 13.5.